The number of phenolic OH excluding ortho intramolecular Hbond substituents is 1. The molecule has 2 aromatic carbocycles. The van der Waals surface area contributed by atoms with Crippen molar-refractivity contribution in [2.45, 2.75) is 59.3 Å². The van der Waals surface area contributed by atoms with Crippen LogP contribution >= 0.6 is 0 Å². The molecule has 1 aliphatic rings. The van der Waals surface area contributed by atoms with Crippen LogP contribution in [-0.2, 0) is 20.4 Å². The first-order valence-corrected chi connectivity index (χ1v) is 9.84. The molecule has 152 valence electrons. The lowest BCUT2D eigenvalue weighted by molar-refractivity contribution is -0.129. The number of ether oxygens (including phenoxy) is 1. The van der Waals surface area contributed by atoms with Gasteiger partial charge in [-0.15, -0.1) is 0 Å². The van der Waals surface area contributed by atoms with Crippen LogP contribution in [0.2, 0.25) is 0 Å². The highest BCUT2D eigenvalue weighted by atomic mass is 16.6. The average molecular weight is 392 g/mol. The van der Waals surface area contributed by atoms with Crippen molar-refractivity contribution in [3.63, 3.8) is 0 Å². The lowest BCUT2D eigenvalue weighted by Gasteiger charge is -2.27. The fraction of sp³-hybridized carbons (Fsp3) is 0.360. The molecule has 2 aromatic rings. The lowest BCUT2D eigenvalue weighted by Crippen LogP contribution is -2.17. The molecule has 1 N–H and O–H groups in total. The standard InChI is InChI=1S/C25H29NO3/c1-15-8-10-17(11-9-15)22-26-20(23(28)29-22)14-16-12-18(24(2,3)4)21(27)19(13-16)25(5,6)7/h8-14,27H,1-7H3/b20-14+. The summed E-state index contributed by atoms with van der Waals surface area (Å²) in [7, 11) is 0. The Morgan fingerprint density at radius 1 is 0.931 bits per heavy atom. The number of aliphatic imine (C=N–C) groups is 1. The SMILES string of the molecule is Cc1ccc(C2=N/C(=C/c3cc(C(C)(C)C)c(O)c(C(C)(C)C)c3)C(=O)O2)cc1. The van der Waals surface area contributed by atoms with Crippen LogP contribution in [0.3, 0.4) is 0 Å². The van der Waals surface area contributed by atoms with E-state index in [4.69, 9.17) is 4.74 Å². The molecule has 1 heterocycles. The average Bonchev–Trinajstić information content (AvgIpc) is 2.95. The highest BCUT2D eigenvalue weighted by Crippen LogP contribution is 2.40. The van der Waals surface area contributed by atoms with E-state index in [2.05, 4.69) is 46.5 Å². The first-order valence-electron chi connectivity index (χ1n) is 9.84. The second-order valence-electron chi connectivity index (χ2n) is 9.67. The van der Waals surface area contributed by atoms with Crippen LogP contribution in [-0.4, -0.2) is 17.0 Å². The molecule has 0 saturated heterocycles. The van der Waals surface area contributed by atoms with Gasteiger partial charge in [-0.05, 0) is 53.7 Å². The molecule has 3 rings (SSSR count). The van der Waals surface area contributed by atoms with Gasteiger partial charge in [-0.2, -0.15) is 0 Å². The van der Waals surface area contributed by atoms with Crippen LogP contribution in [0.25, 0.3) is 6.08 Å². The third-order valence-electron chi connectivity index (χ3n) is 4.97. The molecule has 0 aromatic heterocycles. The Kier molecular flexibility index (Phi) is 5.16. The van der Waals surface area contributed by atoms with E-state index in [-0.39, 0.29) is 16.5 Å². The van der Waals surface area contributed by atoms with Crippen molar-refractivity contribution in [3.8, 4) is 5.75 Å². The normalized spacial score (nSPS) is 16.2. The first-order chi connectivity index (χ1) is 13.4. The highest BCUT2D eigenvalue weighted by Gasteiger charge is 2.28. The van der Waals surface area contributed by atoms with Crippen molar-refractivity contribution >= 4 is 17.9 Å². The molecule has 4 nitrogen and oxygen atoms in total. The predicted octanol–water partition coefficient (Wildman–Crippen LogP) is 5.64. The van der Waals surface area contributed by atoms with Gasteiger partial charge in [0.1, 0.15) is 5.75 Å². The maximum atomic E-state index is 12.4. The minimum Gasteiger partial charge on any atom is -0.507 e. The molecule has 4 heteroatoms. The maximum Gasteiger partial charge on any atom is 0.363 e. The summed E-state index contributed by atoms with van der Waals surface area (Å²) >= 11 is 0. The number of phenols is 1. The van der Waals surface area contributed by atoms with Crippen molar-refractivity contribution in [2.24, 2.45) is 4.99 Å². The number of carbonyl (C=O) groups is 1. The van der Waals surface area contributed by atoms with E-state index in [0.29, 0.717) is 11.6 Å². The summed E-state index contributed by atoms with van der Waals surface area (Å²) in [6.45, 7) is 14.4. The number of benzene rings is 2. The van der Waals surface area contributed by atoms with Crippen molar-refractivity contribution in [1.82, 2.24) is 0 Å². The van der Waals surface area contributed by atoms with Crippen LogP contribution in [0.15, 0.2) is 47.1 Å². The van der Waals surface area contributed by atoms with E-state index < -0.39 is 5.97 Å². The zero-order chi connectivity index (χ0) is 21.6. The molecular formula is C25H29NO3. The van der Waals surface area contributed by atoms with Gasteiger partial charge in [0.15, 0.2) is 5.70 Å². The van der Waals surface area contributed by atoms with Crippen LogP contribution in [0.4, 0.5) is 0 Å². The van der Waals surface area contributed by atoms with Crippen molar-refractivity contribution in [2.75, 3.05) is 0 Å². The van der Waals surface area contributed by atoms with Gasteiger partial charge in [-0.3, -0.25) is 0 Å². The summed E-state index contributed by atoms with van der Waals surface area (Å²) < 4.78 is 5.38. The largest absolute Gasteiger partial charge is 0.507 e. The van der Waals surface area contributed by atoms with E-state index in [1.165, 1.54) is 0 Å². The Bertz CT molecular complexity index is 979. The lowest BCUT2D eigenvalue weighted by atomic mass is 9.78. The number of cyclic esters (lactones) is 1. The van der Waals surface area contributed by atoms with E-state index in [1.54, 1.807) is 6.08 Å². The minimum atomic E-state index is -0.469. The molecule has 29 heavy (non-hydrogen) atoms. The van der Waals surface area contributed by atoms with Crippen molar-refractivity contribution < 1.29 is 14.6 Å². The molecular weight excluding hydrogens is 362 g/mol. The number of hydrogen-bond acceptors (Lipinski definition) is 4. The topological polar surface area (TPSA) is 58.9 Å². The molecule has 0 bridgehead atoms. The molecule has 0 saturated carbocycles. The van der Waals surface area contributed by atoms with E-state index >= 15 is 0 Å². The number of carbonyl (C=O) groups excluding carboxylic acids is 1. The smallest absolute Gasteiger partial charge is 0.363 e. The second-order valence-corrected chi connectivity index (χ2v) is 9.67. The molecule has 0 radical (unpaired) electrons. The van der Waals surface area contributed by atoms with Crippen LogP contribution in [0.1, 0.15) is 69.4 Å². The number of nitrogens with zero attached hydrogens (tertiary/aromatic N) is 1. The zero-order valence-electron chi connectivity index (χ0n) is 18.3. The number of aromatic hydroxyl groups is 1. The van der Waals surface area contributed by atoms with Gasteiger partial charge >= 0.3 is 5.97 Å². The van der Waals surface area contributed by atoms with Crippen molar-refractivity contribution in [1.29, 1.82) is 0 Å². The van der Waals surface area contributed by atoms with Gasteiger partial charge in [0.25, 0.3) is 0 Å². The van der Waals surface area contributed by atoms with Gasteiger partial charge in [0.05, 0.1) is 0 Å². The molecule has 0 unspecified atom stereocenters. The summed E-state index contributed by atoms with van der Waals surface area (Å²) in [6.07, 6.45) is 1.73. The summed E-state index contributed by atoms with van der Waals surface area (Å²) in [6, 6.07) is 11.5. The van der Waals surface area contributed by atoms with Crippen LogP contribution in [0, 0.1) is 6.92 Å². The Morgan fingerprint density at radius 3 is 1.93 bits per heavy atom. The van der Waals surface area contributed by atoms with E-state index in [9.17, 15) is 9.90 Å². The Labute approximate surface area is 173 Å². The minimum absolute atomic E-state index is 0.245. The van der Waals surface area contributed by atoms with E-state index in [1.807, 2.05) is 43.3 Å². The van der Waals surface area contributed by atoms with Crippen molar-refractivity contribution in [3.05, 3.63) is 69.9 Å². The second kappa shape index (κ2) is 7.18. The van der Waals surface area contributed by atoms with Gasteiger partial charge < -0.3 is 9.84 Å². The Morgan fingerprint density at radius 2 is 1.45 bits per heavy atom. The third-order valence-corrected chi connectivity index (χ3v) is 4.97. The fourth-order valence-electron chi connectivity index (χ4n) is 3.27. The Hall–Kier alpha value is -2.88. The molecule has 0 spiro atoms. The Balaban J connectivity index is 2.09. The number of esters is 1. The summed E-state index contributed by atoms with van der Waals surface area (Å²) in [5.74, 6) is 0.153. The monoisotopic (exact) mass is 391 g/mol. The summed E-state index contributed by atoms with van der Waals surface area (Å²) in [4.78, 5) is 16.8. The zero-order valence-corrected chi connectivity index (χ0v) is 18.3. The quantitative estimate of drug-likeness (QED) is 0.532. The number of aryl methyl sites for hydroxylation is 1. The van der Waals surface area contributed by atoms with Gasteiger partial charge in [-0.25, -0.2) is 9.79 Å². The van der Waals surface area contributed by atoms with Gasteiger partial charge in [-0.1, -0.05) is 59.2 Å². The number of hydrogen-bond donors (Lipinski definition) is 1. The first kappa shape index (κ1) is 20.8. The summed E-state index contributed by atoms with van der Waals surface area (Å²) in [5, 5.41) is 10.9. The highest BCUT2D eigenvalue weighted by molar-refractivity contribution is 6.12. The molecule has 0 atom stereocenters. The maximum absolute atomic E-state index is 12.4. The van der Waals surface area contributed by atoms with Gasteiger partial charge in [0, 0.05) is 16.7 Å². The molecule has 1 aliphatic heterocycles. The van der Waals surface area contributed by atoms with Crippen LogP contribution in [0.5, 0.6) is 5.75 Å². The fourth-order valence-corrected chi connectivity index (χ4v) is 3.27. The number of rotatable bonds is 2. The molecule has 0 fully saturated rings. The van der Waals surface area contributed by atoms with Crippen LogP contribution < -0.4 is 0 Å². The summed E-state index contributed by atoms with van der Waals surface area (Å²) in [5.41, 5.74) is 4.16. The van der Waals surface area contributed by atoms with Gasteiger partial charge in [0.2, 0.25) is 5.90 Å². The van der Waals surface area contributed by atoms with E-state index in [0.717, 1.165) is 27.8 Å². The molecule has 0 aliphatic carbocycles. The molecule has 0 amide bonds. The predicted molar refractivity (Wildman–Crippen MR) is 117 cm³/mol. The third kappa shape index (κ3) is 4.42.